The van der Waals surface area contributed by atoms with Gasteiger partial charge in [-0.15, -0.1) is 0 Å². The second-order valence-corrected chi connectivity index (χ2v) is 11.0. The van der Waals surface area contributed by atoms with Crippen LogP contribution in [0.1, 0.15) is 64.7 Å². The van der Waals surface area contributed by atoms with Crippen LogP contribution in [0.4, 0.5) is 10.1 Å². The van der Waals surface area contributed by atoms with Crippen molar-refractivity contribution < 1.29 is 23.2 Å². The van der Waals surface area contributed by atoms with Gasteiger partial charge >= 0.3 is 0 Å². The normalized spacial score (nSPS) is 15.8. The van der Waals surface area contributed by atoms with Gasteiger partial charge in [0.25, 0.3) is 5.88 Å². The molecular weight excluding hydrogens is 487 g/mol. The van der Waals surface area contributed by atoms with Crippen LogP contribution in [0.15, 0.2) is 28.8 Å². The summed E-state index contributed by atoms with van der Waals surface area (Å²) >= 11 is 0. The van der Waals surface area contributed by atoms with E-state index in [9.17, 15) is 14.0 Å². The number of hydrogen-bond acceptors (Lipinski definition) is 6. The molecule has 8 nitrogen and oxygen atoms in total. The molecule has 2 amide bonds. The van der Waals surface area contributed by atoms with E-state index >= 15 is 0 Å². The van der Waals surface area contributed by atoms with Crippen molar-refractivity contribution in [1.29, 1.82) is 0 Å². The van der Waals surface area contributed by atoms with Crippen LogP contribution >= 0.6 is 0 Å². The number of nitrogens with zero attached hydrogens (tertiary/aromatic N) is 4. The van der Waals surface area contributed by atoms with Crippen LogP contribution in [0.5, 0.6) is 5.88 Å². The van der Waals surface area contributed by atoms with Crippen LogP contribution in [0.3, 0.4) is 0 Å². The number of aryl methyl sites for hydroxylation is 1. The van der Waals surface area contributed by atoms with E-state index in [0.29, 0.717) is 54.7 Å². The standard InChI is InChI=1S/C29H43FN4O4/c1-21(2)16-29(36)34-15-7-13-32(19-22(3)4)12-6-14-33(20-23-17-24(30)8-10-26(23)34)28(35)11-9-25-18-27(37-5)31-38-25/h8,10,17-18,21-22H,6-7,9,11-16,19-20H2,1-5H3. The summed E-state index contributed by atoms with van der Waals surface area (Å²) in [7, 11) is 1.51. The second kappa shape index (κ2) is 14.3. The van der Waals surface area contributed by atoms with Gasteiger partial charge in [-0.2, -0.15) is 0 Å². The minimum absolute atomic E-state index is 0.0254. The molecule has 0 radical (unpaired) electrons. The van der Waals surface area contributed by atoms with Gasteiger partial charge in [0.1, 0.15) is 11.6 Å². The van der Waals surface area contributed by atoms with Gasteiger partial charge in [0.05, 0.1) is 7.11 Å². The Morgan fingerprint density at radius 2 is 1.76 bits per heavy atom. The summed E-state index contributed by atoms with van der Waals surface area (Å²) in [6.45, 7) is 12.5. The van der Waals surface area contributed by atoms with E-state index < -0.39 is 0 Å². The van der Waals surface area contributed by atoms with Gasteiger partial charge in [0.15, 0.2) is 0 Å². The summed E-state index contributed by atoms with van der Waals surface area (Å²) < 4.78 is 24.8. The zero-order valence-corrected chi connectivity index (χ0v) is 23.5. The van der Waals surface area contributed by atoms with Gasteiger partial charge in [0.2, 0.25) is 11.8 Å². The van der Waals surface area contributed by atoms with E-state index in [1.807, 2.05) is 13.8 Å². The minimum atomic E-state index is -0.378. The number of carbonyl (C=O) groups excluding carboxylic acids is 2. The monoisotopic (exact) mass is 530 g/mol. The summed E-state index contributed by atoms with van der Waals surface area (Å²) in [6, 6.07) is 6.22. The Balaban J connectivity index is 1.89. The highest BCUT2D eigenvalue weighted by Gasteiger charge is 2.24. The van der Waals surface area contributed by atoms with Crippen molar-refractivity contribution in [2.75, 3.05) is 44.7 Å². The Hall–Kier alpha value is -2.94. The van der Waals surface area contributed by atoms with Crippen LogP contribution < -0.4 is 9.64 Å². The fourth-order valence-electron chi connectivity index (χ4n) is 4.93. The van der Waals surface area contributed by atoms with Gasteiger partial charge in [-0.25, -0.2) is 4.39 Å². The molecule has 3 rings (SSSR count). The van der Waals surface area contributed by atoms with Crippen molar-refractivity contribution in [3.8, 4) is 5.88 Å². The quantitative estimate of drug-likeness (QED) is 0.482. The average Bonchev–Trinajstić information content (AvgIpc) is 3.31. The lowest BCUT2D eigenvalue weighted by molar-refractivity contribution is -0.132. The lowest BCUT2D eigenvalue weighted by Gasteiger charge is -2.32. The number of rotatable bonds is 8. The molecule has 210 valence electrons. The molecule has 2 aromatic rings. The van der Waals surface area contributed by atoms with E-state index in [2.05, 4.69) is 23.9 Å². The minimum Gasteiger partial charge on any atom is -0.479 e. The molecule has 0 spiro atoms. The molecule has 9 heteroatoms. The first-order chi connectivity index (χ1) is 18.2. The van der Waals surface area contributed by atoms with Crippen molar-refractivity contribution >= 4 is 17.5 Å². The second-order valence-electron chi connectivity index (χ2n) is 11.0. The molecular formula is C29H43FN4O4. The maximum absolute atomic E-state index is 14.5. The Labute approximate surface area is 226 Å². The molecule has 0 atom stereocenters. The lowest BCUT2D eigenvalue weighted by Crippen LogP contribution is -2.40. The molecule has 0 aliphatic carbocycles. The number of hydrogen-bond donors (Lipinski definition) is 0. The largest absolute Gasteiger partial charge is 0.479 e. The first-order valence-corrected chi connectivity index (χ1v) is 13.7. The Kier molecular flexibility index (Phi) is 11.1. The van der Waals surface area contributed by atoms with Crippen LogP contribution in [0.2, 0.25) is 0 Å². The third-order valence-electron chi connectivity index (χ3n) is 6.64. The first-order valence-electron chi connectivity index (χ1n) is 13.7. The average molecular weight is 531 g/mol. The number of fused-ring (bicyclic) bond motifs is 1. The maximum Gasteiger partial charge on any atom is 0.254 e. The highest BCUT2D eigenvalue weighted by atomic mass is 19.1. The molecule has 1 aliphatic heterocycles. The van der Waals surface area contributed by atoms with Crippen LogP contribution in [-0.4, -0.2) is 66.6 Å². The molecule has 0 unspecified atom stereocenters. The number of anilines is 1. The smallest absolute Gasteiger partial charge is 0.254 e. The molecule has 0 saturated heterocycles. The number of methoxy groups -OCH3 is 1. The molecule has 1 aromatic carbocycles. The number of amides is 2. The van der Waals surface area contributed by atoms with Crippen molar-refractivity contribution in [1.82, 2.24) is 15.0 Å². The fourth-order valence-corrected chi connectivity index (χ4v) is 4.93. The van der Waals surface area contributed by atoms with E-state index in [4.69, 9.17) is 9.26 Å². The molecule has 0 saturated carbocycles. The number of ether oxygens (including phenoxy) is 1. The zero-order chi connectivity index (χ0) is 27.7. The number of carbonyl (C=O) groups is 2. The summed E-state index contributed by atoms with van der Waals surface area (Å²) in [5.74, 6) is 1.26. The van der Waals surface area contributed by atoms with Gasteiger partial charge in [-0.1, -0.05) is 27.7 Å². The van der Waals surface area contributed by atoms with Gasteiger partial charge in [-0.05, 0) is 66.7 Å². The highest BCUT2D eigenvalue weighted by Crippen LogP contribution is 2.27. The van der Waals surface area contributed by atoms with Crippen molar-refractivity contribution in [3.05, 3.63) is 41.4 Å². The number of benzene rings is 1. The van der Waals surface area contributed by atoms with Crippen molar-refractivity contribution in [2.24, 2.45) is 11.8 Å². The van der Waals surface area contributed by atoms with E-state index in [0.717, 1.165) is 32.5 Å². The summed E-state index contributed by atoms with van der Waals surface area (Å²) in [5.41, 5.74) is 1.34. The topological polar surface area (TPSA) is 79.1 Å². The number of halogens is 1. The Morgan fingerprint density at radius 3 is 2.42 bits per heavy atom. The predicted molar refractivity (Wildman–Crippen MR) is 146 cm³/mol. The zero-order valence-electron chi connectivity index (χ0n) is 23.5. The molecule has 0 fully saturated rings. The molecule has 0 bridgehead atoms. The third-order valence-corrected chi connectivity index (χ3v) is 6.64. The van der Waals surface area contributed by atoms with Crippen LogP contribution in [-0.2, 0) is 22.6 Å². The van der Waals surface area contributed by atoms with E-state index in [1.165, 1.54) is 19.2 Å². The maximum atomic E-state index is 14.5. The summed E-state index contributed by atoms with van der Waals surface area (Å²) in [6.07, 6.45) is 2.68. The van der Waals surface area contributed by atoms with Crippen LogP contribution in [0, 0.1) is 17.7 Å². The molecule has 38 heavy (non-hydrogen) atoms. The molecule has 0 N–H and O–H groups in total. The van der Waals surface area contributed by atoms with E-state index in [1.54, 1.807) is 21.9 Å². The number of aromatic nitrogens is 1. The van der Waals surface area contributed by atoms with Gasteiger partial charge < -0.3 is 24.0 Å². The summed E-state index contributed by atoms with van der Waals surface area (Å²) in [4.78, 5) is 32.8. The SMILES string of the molecule is COc1cc(CCC(=O)N2CCCN(CC(C)C)CCCN(C(=O)CC(C)C)c3ccc(F)cc3C2)on1. The summed E-state index contributed by atoms with van der Waals surface area (Å²) in [5, 5.41) is 3.80. The third kappa shape index (κ3) is 8.82. The van der Waals surface area contributed by atoms with Crippen molar-refractivity contribution in [3.63, 3.8) is 0 Å². The van der Waals surface area contributed by atoms with Crippen molar-refractivity contribution in [2.45, 2.75) is 66.3 Å². The van der Waals surface area contributed by atoms with Crippen LogP contribution in [0.25, 0.3) is 0 Å². The fraction of sp³-hybridized carbons (Fsp3) is 0.621. The molecule has 1 aliphatic rings. The Morgan fingerprint density at radius 1 is 1.03 bits per heavy atom. The predicted octanol–water partition coefficient (Wildman–Crippen LogP) is 4.91. The Bertz CT molecular complexity index is 1050. The highest BCUT2D eigenvalue weighted by molar-refractivity contribution is 5.94. The van der Waals surface area contributed by atoms with Gasteiger partial charge in [0, 0.05) is 57.2 Å². The first kappa shape index (κ1) is 29.6. The molecule has 1 aromatic heterocycles. The lowest BCUT2D eigenvalue weighted by atomic mass is 10.1. The molecule has 2 heterocycles. The van der Waals surface area contributed by atoms with E-state index in [-0.39, 0.29) is 36.5 Å². The van der Waals surface area contributed by atoms with Gasteiger partial charge in [-0.3, -0.25) is 9.59 Å².